The quantitative estimate of drug-likeness (QED) is 0.316. The predicted octanol–water partition coefficient (Wildman–Crippen LogP) is 4.52. The van der Waals surface area contributed by atoms with Crippen LogP contribution in [-0.2, 0) is 12.6 Å². The Morgan fingerprint density at radius 1 is 1.08 bits per heavy atom. The van der Waals surface area contributed by atoms with Crippen molar-refractivity contribution < 1.29 is 18.0 Å². The zero-order chi connectivity index (χ0) is 26.9. The molecule has 5 rings (SSSR count). The molecular formula is C28H25F3N6O. The molecule has 0 bridgehead atoms. The van der Waals surface area contributed by atoms with Gasteiger partial charge in [-0.2, -0.15) is 18.3 Å². The first-order valence-corrected chi connectivity index (χ1v) is 12.2. The van der Waals surface area contributed by atoms with Gasteiger partial charge in [0, 0.05) is 17.5 Å². The number of piperidine rings is 1. The van der Waals surface area contributed by atoms with E-state index >= 15 is 0 Å². The first-order valence-electron chi connectivity index (χ1n) is 12.2. The van der Waals surface area contributed by atoms with Gasteiger partial charge in [-0.25, -0.2) is 14.6 Å². The van der Waals surface area contributed by atoms with Crippen LogP contribution in [0.5, 0.6) is 0 Å². The minimum absolute atomic E-state index is 0.0118. The highest BCUT2D eigenvalue weighted by molar-refractivity contribution is 5.97. The molecule has 7 nitrogen and oxygen atoms in total. The van der Waals surface area contributed by atoms with Crippen molar-refractivity contribution in [3.05, 3.63) is 82.8 Å². The highest BCUT2D eigenvalue weighted by Gasteiger charge is 2.31. The van der Waals surface area contributed by atoms with Crippen molar-refractivity contribution in [3.8, 4) is 11.8 Å². The summed E-state index contributed by atoms with van der Waals surface area (Å²) in [4.78, 5) is 23.5. The Bertz CT molecular complexity index is 1560. The minimum Gasteiger partial charge on any atom is -0.383 e. The summed E-state index contributed by atoms with van der Waals surface area (Å²) in [6, 6.07) is 11.7. The molecule has 0 unspecified atom stereocenters. The molecule has 3 heterocycles. The van der Waals surface area contributed by atoms with Gasteiger partial charge in [0.2, 0.25) is 0 Å². The van der Waals surface area contributed by atoms with E-state index in [9.17, 15) is 18.0 Å². The lowest BCUT2D eigenvalue weighted by atomic mass is 10.00. The Balaban J connectivity index is 1.40. The second-order valence-corrected chi connectivity index (χ2v) is 9.41. The number of nitrogen functional groups attached to an aromatic ring is 1. The monoisotopic (exact) mass is 518 g/mol. The third-order valence-electron chi connectivity index (χ3n) is 6.68. The van der Waals surface area contributed by atoms with Crippen molar-refractivity contribution in [3.63, 3.8) is 0 Å². The number of fused-ring (bicyclic) bond motifs is 1. The van der Waals surface area contributed by atoms with Gasteiger partial charge < -0.3 is 10.6 Å². The SMILES string of the molecule is CN1CCC(n2nc(C#Cc3cccc(CC(=O)c4cccc(C(F)(F)F)c4)c3)c3c(N)ncnc32)CC1. The summed E-state index contributed by atoms with van der Waals surface area (Å²) in [5.41, 5.74) is 7.74. The molecule has 1 fully saturated rings. The average molecular weight is 519 g/mol. The molecule has 2 aromatic heterocycles. The third-order valence-corrected chi connectivity index (χ3v) is 6.68. The molecule has 0 aliphatic carbocycles. The number of carbonyl (C=O) groups is 1. The fourth-order valence-corrected chi connectivity index (χ4v) is 4.62. The van der Waals surface area contributed by atoms with Crippen LogP contribution in [0.25, 0.3) is 11.0 Å². The van der Waals surface area contributed by atoms with Gasteiger partial charge in [0.05, 0.1) is 17.0 Å². The lowest BCUT2D eigenvalue weighted by Crippen LogP contribution is -2.32. The Morgan fingerprint density at radius 3 is 2.61 bits per heavy atom. The van der Waals surface area contributed by atoms with Crippen molar-refractivity contribution >= 4 is 22.6 Å². The van der Waals surface area contributed by atoms with E-state index in [0.29, 0.717) is 33.7 Å². The molecule has 1 saturated heterocycles. The number of halogens is 3. The Labute approximate surface area is 217 Å². The normalized spacial score (nSPS) is 14.8. The Hall–Kier alpha value is -4.23. The average Bonchev–Trinajstić information content (AvgIpc) is 3.28. The number of Topliss-reactive ketones (excluding diaryl/α,β-unsaturated/α-hetero) is 1. The van der Waals surface area contributed by atoms with Crippen LogP contribution >= 0.6 is 0 Å². The molecule has 2 aromatic carbocycles. The van der Waals surface area contributed by atoms with Gasteiger partial charge in [0.15, 0.2) is 11.4 Å². The summed E-state index contributed by atoms with van der Waals surface area (Å²) in [5.74, 6) is 6.06. The maximum Gasteiger partial charge on any atom is 0.416 e. The standard InChI is InChI=1S/C28H25F3N6O/c1-36-12-10-22(11-13-36)37-27-25(26(32)33-17-34-27)23(35-37)9-8-18-4-2-5-19(14-18)15-24(38)20-6-3-7-21(16-20)28(29,30)31/h2-7,14,16-17,22H,10-13,15H2,1H3,(H2,32,33,34). The molecule has 0 amide bonds. The molecule has 38 heavy (non-hydrogen) atoms. The van der Waals surface area contributed by atoms with Gasteiger partial charge in [0.1, 0.15) is 17.8 Å². The Kier molecular flexibility index (Phi) is 6.87. The number of aromatic nitrogens is 4. The van der Waals surface area contributed by atoms with E-state index in [1.165, 1.54) is 18.5 Å². The summed E-state index contributed by atoms with van der Waals surface area (Å²) in [5, 5.41) is 5.35. The number of hydrogen-bond donors (Lipinski definition) is 1. The van der Waals surface area contributed by atoms with E-state index in [0.717, 1.165) is 38.1 Å². The number of likely N-dealkylation sites (tertiary alicyclic amines) is 1. The fraction of sp³-hybridized carbons (Fsp3) is 0.286. The lowest BCUT2D eigenvalue weighted by molar-refractivity contribution is -0.137. The Morgan fingerprint density at radius 2 is 1.84 bits per heavy atom. The minimum atomic E-state index is -4.51. The topological polar surface area (TPSA) is 89.9 Å². The number of anilines is 1. The van der Waals surface area contributed by atoms with Gasteiger partial charge in [-0.15, -0.1) is 0 Å². The van der Waals surface area contributed by atoms with Crippen LogP contribution in [0.3, 0.4) is 0 Å². The lowest BCUT2D eigenvalue weighted by Gasteiger charge is -2.29. The van der Waals surface area contributed by atoms with Crippen molar-refractivity contribution in [2.24, 2.45) is 0 Å². The summed E-state index contributed by atoms with van der Waals surface area (Å²) < 4.78 is 41.0. The molecule has 1 aliphatic rings. The van der Waals surface area contributed by atoms with Crippen LogP contribution in [0.1, 0.15) is 51.6 Å². The van der Waals surface area contributed by atoms with Crippen LogP contribution in [0, 0.1) is 11.8 Å². The van der Waals surface area contributed by atoms with E-state index in [-0.39, 0.29) is 18.0 Å². The molecule has 194 valence electrons. The fourth-order valence-electron chi connectivity index (χ4n) is 4.62. The smallest absolute Gasteiger partial charge is 0.383 e. The van der Waals surface area contributed by atoms with E-state index in [1.54, 1.807) is 24.3 Å². The van der Waals surface area contributed by atoms with E-state index in [2.05, 4.69) is 33.8 Å². The molecule has 0 radical (unpaired) electrons. The largest absolute Gasteiger partial charge is 0.416 e. The van der Waals surface area contributed by atoms with Gasteiger partial charge in [-0.1, -0.05) is 30.2 Å². The van der Waals surface area contributed by atoms with Crippen molar-refractivity contribution in [2.45, 2.75) is 31.5 Å². The molecule has 1 aliphatic heterocycles. The van der Waals surface area contributed by atoms with E-state index in [4.69, 9.17) is 10.8 Å². The van der Waals surface area contributed by atoms with E-state index in [1.807, 2.05) is 4.68 Å². The van der Waals surface area contributed by atoms with Gasteiger partial charge in [-0.3, -0.25) is 4.79 Å². The van der Waals surface area contributed by atoms with Crippen LogP contribution in [-0.4, -0.2) is 50.6 Å². The van der Waals surface area contributed by atoms with Gasteiger partial charge in [0.25, 0.3) is 0 Å². The number of rotatable bonds is 4. The highest BCUT2D eigenvalue weighted by Crippen LogP contribution is 2.30. The number of hydrogen-bond acceptors (Lipinski definition) is 6. The number of benzene rings is 2. The zero-order valence-corrected chi connectivity index (χ0v) is 20.7. The summed E-state index contributed by atoms with van der Waals surface area (Å²) in [6.07, 6.45) is -1.26. The molecule has 0 atom stereocenters. The highest BCUT2D eigenvalue weighted by atomic mass is 19.4. The first kappa shape index (κ1) is 25.4. The van der Waals surface area contributed by atoms with Crippen molar-refractivity contribution in [1.82, 2.24) is 24.6 Å². The van der Waals surface area contributed by atoms with Crippen molar-refractivity contribution in [1.29, 1.82) is 0 Å². The summed E-state index contributed by atoms with van der Waals surface area (Å²) >= 11 is 0. The second-order valence-electron chi connectivity index (χ2n) is 9.41. The number of nitrogens with zero attached hydrogens (tertiary/aromatic N) is 5. The van der Waals surface area contributed by atoms with Crippen LogP contribution in [0.2, 0.25) is 0 Å². The third kappa shape index (κ3) is 5.38. The number of alkyl halides is 3. The molecule has 2 N–H and O–H groups in total. The second kappa shape index (κ2) is 10.3. The summed E-state index contributed by atoms with van der Waals surface area (Å²) in [6.45, 7) is 1.92. The molecule has 0 spiro atoms. The maximum absolute atomic E-state index is 13.0. The zero-order valence-electron chi connectivity index (χ0n) is 20.7. The molecule has 10 heteroatoms. The molecular weight excluding hydrogens is 493 g/mol. The van der Waals surface area contributed by atoms with Crippen LogP contribution < -0.4 is 5.73 Å². The maximum atomic E-state index is 13.0. The van der Waals surface area contributed by atoms with Gasteiger partial charge >= 0.3 is 6.18 Å². The van der Waals surface area contributed by atoms with E-state index < -0.39 is 17.5 Å². The van der Waals surface area contributed by atoms with Crippen LogP contribution in [0.15, 0.2) is 54.9 Å². The number of nitrogens with two attached hydrogens (primary N) is 1. The molecule has 4 aromatic rings. The van der Waals surface area contributed by atoms with Gasteiger partial charge in [-0.05, 0) is 68.7 Å². The number of ketones is 1. The predicted molar refractivity (Wildman–Crippen MR) is 137 cm³/mol. The first-order chi connectivity index (χ1) is 18.2. The van der Waals surface area contributed by atoms with Crippen molar-refractivity contribution in [2.75, 3.05) is 25.9 Å². The van der Waals surface area contributed by atoms with Crippen LogP contribution in [0.4, 0.5) is 19.0 Å². The molecule has 0 saturated carbocycles. The number of carbonyl (C=O) groups excluding carboxylic acids is 1. The summed E-state index contributed by atoms with van der Waals surface area (Å²) in [7, 11) is 2.09.